The maximum atomic E-state index is 5.43. The van der Waals surface area contributed by atoms with Crippen molar-refractivity contribution in [2.24, 2.45) is 0 Å². The molecule has 0 spiro atoms. The Bertz CT molecular complexity index is 226. The van der Waals surface area contributed by atoms with Crippen molar-refractivity contribution >= 4 is 0 Å². The van der Waals surface area contributed by atoms with Crippen molar-refractivity contribution < 1.29 is 18.9 Å². The summed E-state index contributed by atoms with van der Waals surface area (Å²) in [6, 6.07) is 0. The first kappa shape index (κ1) is 18.1. The minimum Gasteiger partial charge on any atom is -0.494 e. The fourth-order valence-electron chi connectivity index (χ4n) is 1.73. The summed E-state index contributed by atoms with van der Waals surface area (Å²) in [5.41, 5.74) is 0. The Morgan fingerprint density at radius 1 is 0.842 bits per heavy atom. The summed E-state index contributed by atoms with van der Waals surface area (Å²) < 4.78 is 21.3. The van der Waals surface area contributed by atoms with E-state index in [1.807, 2.05) is 0 Å². The number of methoxy groups -OCH3 is 2. The van der Waals surface area contributed by atoms with Gasteiger partial charge in [-0.3, -0.25) is 0 Å². The molecular weight excluding hydrogens is 244 g/mol. The van der Waals surface area contributed by atoms with Gasteiger partial charge in [0.1, 0.15) is 0 Å². The Morgan fingerprint density at radius 3 is 2.16 bits per heavy atom. The van der Waals surface area contributed by atoms with E-state index in [1.54, 1.807) is 14.2 Å². The number of hydrogen-bond donors (Lipinski definition) is 0. The number of rotatable bonds is 13. The summed E-state index contributed by atoms with van der Waals surface area (Å²) >= 11 is 0. The predicted molar refractivity (Wildman–Crippen MR) is 76.6 cm³/mol. The van der Waals surface area contributed by atoms with Crippen molar-refractivity contribution in [2.45, 2.75) is 58.8 Å². The number of unbranched alkanes of at least 4 members (excludes halogenated alkanes) is 4. The third-order valence-corrected chi connectivity index (χ3v) is 2.80. The van der Waals surface area contributed by atoms with Gasteiger partial charge < -0.3 is 18.9 Å². The van der Waals surface area contributed by atoms with Crippen LogP contribution in [0.5, 0.6) is 0 Å². The van der Waals surface area contributed by atoms with Crippen molar-refractivity contribution in [3.63, 3.8) is 0 Å². The van der Waals surface area contributed by atoms with Crippen LogP contribution in [-0.4, -0.2) is 27.6 Å². The van der Waals surface area contributed by atoms with Crippen LogP contribution in [0.1, 0.15) is 58.8 Å². The second-order valence-electron chi connectivity index (χ2n) is 4.45. The molecule has 0 aromatic heterocycles. The van der Waals surface area contributed by atoms with Gasteiger partial charge in [0.25, 0.3) is 0 Å². The zero-order chi connectivity index (χ0) is 14.3. The average Bonchev–Trinajstić information content (AvgIpc) is 2.44. The quantitative estimate of drug-likeness (QED) is 0.286. The molecule has 0 rings (SSSR count). The van der Waals surface area contributed by atoms with Gasteiger partial charge in [0, 0.05) is 6.42 Å². The van der Waals surface area contributed by atoms with Crippen LogP contribution in [0.4, 0.5) is 0 Å². The molecular formula is C15H30O4. The number of hydrogen-bond acceptors (Lipinski definition) is 4. The van der Waals surface area contributed by atoms with Gasteiger partial charge in [-0.1, -0.05) is 39.5 Å². The van der Waals surface area contributed by atoms with Gasteiger partial charge in [0.05, 0.1) is 20.8 Å². The second kappa shape index (κ2) is 13.5. The van der Waals surface area contributed by atoms with Gasteiger partial charge in [-0.05, 0) is 12.8 Å². The van der Waals surface area contributed by atoms with Gasteiger partial charge >= 0.3 is 5.95 Å². The molecule has 0 saturated heterocycles. The molecule has 19 heavy (non-hydrogen) atoms. The maximum absolute atomic E-state index is 5.43. The Morgan fingerprint density at radius 2 is 1.58 bits per heavy atom. The van der Waals surface area contributed by atoms with Crippen LogP contribution < -0.4 is 0 Å². The van der Waals surface area contributed by atoms with Crippen molar-refractivity contribution in [1.82, 2.24) is 0 Å². The van der Waals surface area contributed by atoms with Gasteiger partial charge in [0.2, 0.25) is 0 Å². The smallest absolute Gasteiger partial charge is 0.320 e. The molecule has 0 aliphatic heterocycles. The van der Waals surface area contributed by atoms with Crippen LogP contribution in [0.2, 0.25) is 0 Å². The molecule has 0 atom stereocenters. The monoisotopic (exact) mass is 274 g/mol. The van der Waals surface area contributed by atoms with E-state index in [0.717, 1.165) is 31.6 Å². The zero-order valence-corrected chi connectivity index (χ0v) is 13.0. The first-order valence-corrected chi connectivity index (χ1v) is 7.31. The molecule has 0 aromatic rings. The molecule has 4 heteroatoms. The third kappa shape index (κ3) is 9.65. The highest BCUT2D eigenvalue weighted by Gasteiger charge is 2.08. The Balaban J connectivity index is 3.71. The molecule has 0 amide bonds. The Labute approximate surface area is 118 Å². The van der Waals surface area contributed by atoms with Crippen molar-refractivity contribution in [3.8, 4) is 0 Å². The first-order valence-electron chi connectivity index (χ1n) is 7.31. The van der Waals surface area contributed by atoms with Crippen LogP contribution in [0.25, 0.3) is 0 Å². The highest BCUT2D eigenvalue weighted by Crippen LogP contribution is 2.14. The van der Waals surface area contributed by atoms with Crippen LogP contribution in [0.3, 0.4) is 0 Å². The lowest BCUT2D eigenvalue weighted by molar-refractivity contribution is -0.0746. The third-order valence-electron chi connectivity index (χ3n) is 2.80. The summed E-state index contributed by atoms with van der Waals surface area (Å²) in [5, 5.41) is 0. The summed E-state index contributed by atoms with van der Waals surface area (Å²) in [6.45, 7) is 5.25. The van der Waals surface area contributed by atoms with Gasteiger partial charge in [-0.25, -0.2) is 0 Å². The molecule has 0 radical (unpaired) electrons. The minimum atomic E-state index is 0.216. The SMILES string of the molecule is CCCCCCCOCOC(OC)=C(CCC)OC. The van der Waals surface area contributed by atoms with Gasteiger partial charge in [-0.15, -0.1) is 0 Å². The van der Waals surface area contributed by atoms with E-state index >= 15 is 0 Å². The van der Waals surface area contributed by atoms with E-state index in [0.29, 0.717) is 5.95 Å². The molecule has 0 unspecified atom stereocenters. The van der Waals surface area contributed by atoms with Crippen LogP contribution in [0.15, 0.2) is 11.7 Å². The maximum Gasteiger partial charge on any atom is 0.320 e. The molecule has 0 aromatic carbocycles. The molecule has 0 N–H and O–H groups in total. The predicted octanol–water partition coefficient (Wildman–Crippen LogP) is 4.21. The fourth-order valence-corrected chi connectivity index (χ4v) is 1.73. The normalized spacial score (nSPS) is 12.0. The number of allylic oxidation sites excluding steroid dienone is 1. The van der Waals surface area contributed by atoms with Crippen LogP contribution in [-0.2, 0) is 18.9 Å². The summed E-state index contributed by atoms with van der Waals surface area (Å²) in [5.74, 6) is 1.16. The molecule has 0 aliphatic rings. The lowest BCUT2D eigenvalue weighted by Crippen LogP contribution is -2.06. The van der Waals surface area contributed by atoms with Crippen molar-refractivity contribution in [3.05, 3.63) is 11.7 Å². The molecule has 4 nitrogen and oxygen atoms in total. The minimum absolute atomic E-state index is 0.216. The summed E-state index contributed by atoms with van der Waals surface area (Å²) in [7, 11) is 3.21. The van der Waals surface area contributed by atoms with Crippen LogP contribution in [0, 0.1) is 0 Å². The van der Waals surface area contributed by atoms with E-state index in [4.69, 9.17) is 18.9 Å². The van der Waals surface area contributed by atoms with E-state index < -0.39 is 0 Å². The topological polar surface area (TPSA) is 36.9 Å². The standard InChI is InChI=1S/C15H30O4/c1-5-7-8-9-10-12-18-13-19-15(17-4)14(16-3)11-6-2/h5-13H2,1-4H3. The summed E-state index contributed by atoms with van der Waals surface area (Å²) in [4.78, 5) is 0. The molecule has 0 aliphatic carbocycles. The van der Waals surface area contributed by atoms with E-state index in [2.05, 4.69) is 13.8 Å². The largest absolute Gasteiger partial charge is 0.494 e. The van der Waals surface area contributed by atoms with E-state index in [-0.39, 0.29) is 6.79 Å². The average molecular weight is 274 g/mol. The highest BCUT2D eigenvalue weighted by molar-refractivity contribution is 4.94. The second-order valence-corrected chi connectivity index (χ2v) is 4.45. The van der Waals surface area contributed by atoms with Gasteiger partial charge in [-0.2, -0.15) is 0 Å². The molecule has 0 bridgehead atoms. The molecule has 0 fully saturated rings. The lowest BCUT2D eigenvalue weighted by Gasteiger charge is -2.13. The highest BCUT2D eigenvalue weighted by atomic mass is 16.7. The lowest BCUT2D eigenvalue weighted by atomic mass is 10.2. The Hall–Kier alpha value is -0.900. The fraction of sp³-hybridized carbons (Fsp3) is 0.867. The zero-order valence-electron chi connectivity index (χ0n) is 13.0. The molecule has 0 heterocycles. The van der Waals surface area contributed by atoms with Crippen molar-refractivity contribution in [2.75, 3.05) is 27.6 Å². The van der Waals surface area contributed by atoms with Gasteiger partial charge in [0.15, 0.2) is 12.6 Å². The molecule has 0 saturated carbocycles. The number of ether oxygens (including phenoxy) is 4. The Kier molecular flexibility index (Phi) is 12.9. The first-order chi connectivity index (χ1) is 9.29. The summed E-state index contributed by atoms with van der Waals surface area (Å²) in [6.07, 6.45) is 7.95. The van der Waals surface area contributed by atoms with Crippen molar-refractivity contribution in [1.29, 1.82) is 0 Å². The molecule has 114 valence electrons. The van der Waals surface area contributed by atoms with E-state index in [1.165, 1.54) is 25.7 Å². The van der Waals surface area contributed by atoms with Crippen LogP contribution >= 0.6 is 0 Å². The van der Waals surface area contributed by atoms with E-state index in [9.17, 15) is 0 Å².